The van der Waals surface area contributed by atoms with Crippen molar-refractivity contribution >= 4 is 51.3 Å². The first kappa shape index (κ1) is 28.2. The van der Waals surface area contributed by atoms with E-state index in [9.17, 15) is 22.8 Å². The van der Waals surface area contributed by atoms with Crippen molar-refractivity contribution in [3.63, 3.8) is 0 Å². The summed E-state index contributed by atoms with van der Waals surface area (Å²) >= 11 is 7.26. The topological polar surface area (TPSA) is 72.0 Å². The first-order valence-electron chi connectivity index (χ1n) is 12.9. The molecule has 212 valence electrons. The molecule has 0 spiro atoms. The molecule has 3 aromatic rings. The van der Waals surface area contributed by atoms with Crippen LogP contribution >= 0.6 is 22.9 Å². The molecule has 0 aliphatic carbocycles. The monoisotopic (exact) mass is 592 g/mol. The van der Waals surface area contributed by atoms with Crippen LogP contribution in [0.4, 0.5) is 29.7 Å². The Morgan fingerprint density at radius 1 is 0.925 bits per heavy atom. The maximum absolute atomic E-state index is 13.0. The molecule has 2 aliphatic rings. The second-order valence-electron chi connectivity index (χ2n) is 9.66. The van der Waals surface area contributed by atoms with Gasteiger partial charge < -0.3 is 20.0 Å². The smallest absolute Gasteiger partial charge is 0.368 e. The van der Waals surface area contributed by atoms with E-state index in [1.807, 2.05) is 29.2 Å². The fourth-order valence-corrected chi connectivity index (χ4v) is 5.66. The van der Waals surface area contributed by atoms with Gasteiger partial charge in [-0.15, -0.1) is 11.3 Å². The first-order valence-corrected chi connectivity index (χ1v) is 14.1. The predicted molar refractivity (Wildman–Crippen MR) is 149 cm³/mol. The van der Waals surface area contributed by atoms with Crippen LogP contribution in [0.3, 0.4) is 0 Å². The van der Waals surface area contributed by atoms with Crippen molar-refractivity contribution in [3.05, 3.63) is 70.2 Å². The number of hydrogen-bond donors (Lipinski definition) is 1. The van der Waals surface area contributed by atoms with Gasteiger partial charge >= 0.3 is 6.18 Å². The van der Waals surface area contributed by atoms with Gasteiger partial charge in [0.1, 0.15) is 5.69 Å². The minimum atomic E-state index is -4.44. The van der Waals surface area contributed by atoms with Crippen molar-refractivity contribution in [3.8, 4) is 0 Å². The van der Waals surface area contributed by atoms with Crippen LogP contribution in [0.1, 0.15) is 16.1 Å². The SMILES string of the molecule is O=C(CN1CCN(C(=O)c2csc(Nc3cccc(C(F)(F)F)c3)n2)CC1)N1CCN(c2cccc(Cl)c2)CC1. The Morgan fingerprint density at radius 3 is 2.33 bits per heavy atom. The number of hydrogen-bond acceptors (Lipinski definition) is 7. The molecule has 2 fully saturated rings. The molecule has 40 heavy (non-hydrogen) atoms. The quantitative estimate of drug-likeness (QED) is 0.449. The van der Waals surface area contributed by atoms with Crippen LogP contribution in [-0.4, -0.2) is 90.4 Å². The highest BCUT2D eigenvalue weighted by atomic mass is 35.5. The number of thiazole rings is 1. The third-order valence-corrected chi connectivity index (χ3v) is 7.98. The number of nitrogens with zero attached hydrogens (tertiary/aromatic N) is 5. The Kier molecular flexibility index (Phi) is 8.48. The number of halogens is 4. The summed E-state index contributed by atoms with van der Waals surface area (Å²) in [6.45, 7) is 5.14. The van der Waals surface area contributed by atoms with Gasteiger partial charge in [-0.1, -0.05) is 23.7 Å². The Labute approximate surface area is 238 Å². The van der Waals surface area contributed by atoms with Gasteiger partial charge in [0.2, 0.25) is 5.91 Å². The molecule has 1 aromatic heterocycles. The van der Waals surface area contributed by atoms with Crippen LogP contribution in [0.5, 0.6) is 0 Å². The third-order valence-electron chi connectivity index (χ3n) is 6.99. The van der Waals surface area contributed by atoms with Crippen molar-refractivity contribution in [1.82, 2.24) is 19.7 Å². The molecule has 2 amide bonds. The van der Waals surface area contributed by atoms with Gasteiger partial charge in [-0.25, -0.2) is 4.98 Å². The predicted octanol–water partition coefficient (Wildman–Crippen LogP) is 4.67. The molecular formula is C27H28ClF3N6O2S. The number of anilines is 3. The molecule has 0 unspecified atom stereocenters. The van der Waals surface area contributed by atoms with Crippen LogP contribution in [0.15, 0.2) is 53.9 Å². The Morgan fingerprint density at radius 2 is 1.62 bits per heavy atom. The first-order chi connectivity index (χ1) is 19.2. The lowest BCUT2D eigenvalue weighted by Gasteiger charge is -2.38. The largest absolute Gasteiger partial charge is 0.416 e. The highest BCUT2D eigenvalue weighted by Crippen LogP contribution is 2.32. The molecular weight excluding hydrogens is 565 g/mol. The van der Waals surface area contributed by atoms with E-state index < -0.39 is 11.7 Å². The number of benzene rings is 2. The molecule has 5 rings (SSSR count). The average molecular weight is 593 g/mol. The molecule has 2 saturated heterocycles. The van der Waals surface area contributed by atoms with Crippen molar-refractivity contribution in [1.29, 1.82) is 0 Å². The van der Waals surface area contributed by atoms with Crippen molar-refractivity contribution in [2.75, 3.05) is 69.1 Å². The van der Waals surface area contributed by atoms with Gasteiger partial charge in [-0.05, 0) is 36.4 Å². The minimum Gasteiger partial charge on any atom is -0.368 e. The summed E-state index contributed by atoms with van der Waals surface area (Å²) in [6, 6.07) is 12.5. The summed E-state index contributed by atoms with van der Waals surface area (Å²) in [4.78, 5) is 38.0. The Bertz CT molecular complexity index is 1350. The van der Waals surface area contributed by atoms with Crippen molar-refractivity contribution in [2.45, 2.75) is 6.18 Å². The Hall–Kier alpha value is -3.35. The second-order valence-corrected chi connectivity index (χ2v) is 11.0. The standard InChI is InChI=1S/C27H28ClF3N6O2S/c28-20-4-2-6-22(16-20)35-11-13-36(14-12-35)24(38)17-34-7-9-37(10-8-34)25(39)23-18-40-26(33-23)32-21-5-1-3-19(15-21)27(29,30)31/h1-6,15-16,18H,7-14,17H2,(H,32,33). The maximum Gasteiger partial charge on any atom is 0.416 e. The summed E-state index contributed by atoms with van der Waals surface area (Å²) in [7, 11) is 0. The number of amides is 2. The molecule has 0 bridgehead atoms. The molecule has 3 heterocycles. The normalized spacial score (nSPS) is 16.8. The van der Waals surface area contributed by atoms with E-state index >= 15 is 0 Å². The van der Waals surface area contributed by atoms with Crippen LogP contribution in [0, 0.1) is 0 Å². The van der Waals surface area contributed by atoms with Gasteiger partial charge in [-0.3, -0.25) is 14.5 Å². The van der Waals surface area contributed by atoms with Crippen LogP contribution in [0.25, 0.3) is 0 Å². The van der Waals surface area contributed by atoms with Gasteiger partial charge in [0.05, 0.1) is 12.1 Å². The highest BCUT2D eigenvalue weighted by molar-refractivity contribution is 7.14. The van der Waals surface area contributed by atoms with E-state index in [-0.39, 0.29) is 23.2 Å². The minimum absolute atomic E-state index is 0.0790. The Balaban J connectivity index is 1.07. The average Bonchev–Trinajstić information content (AvgIpc) is 3.41. The molecule has 1 N–H and O–H groups in total. The zero-order valence-electron chi connectivity index (χ0n) is 21.5. The van der Waals surface area contributed by atoms with E-state index in [2.05, 4.69) is 20.1 Å². The fourth-order valence-electron chi connectivity index (χ4n) is 4.78. The molecule has 2 aliphatic heterocycles. The molecule has 0 atom stereocenters. The van der Waals surface area contributed by atoms with E-state index in [0.29, 0.717) is 56.0 Å². The fraction of sp³-hybridized carbons (Fsp3) is 0.370. The summed E-state index contributed by atoms with van der Waals surface area (Å²) < 4.78 is 38.9. The second kappa shape index (κ2) is 12.0. The lowest BCUT2D eigenvalue weighted by molar-refractivity contribution is -0.137. The van der Waals surface area contributed by atoms with Gasteiger partial charge in [-0.2, -0.15) is 13.2 Å². The van der Waals surface area contributed by atoms with E-state index in [0.717, 1.165) is 42.2 Å². The summed E-state index contributed by atoms with van der Waals surface area (Å²) in [5.74, 6) is -0.160. The molecule has 13 heteroatoms. The van der Waals surface area contributed by atoms with Gasteiger partial charge in [0, 0.05) is 74.1 Å². The van der Waals surface area contributed by atoms with E-state index in [1.54, 1.807) is 10.3 Å². The van der Waals surface area contributed by atoms with Gasteiger partial charge in [0.15, 0.2) is 5.13 Å². The third kappa shape index (κ3) is 6.86. The molecule has 8 nitrogen and oxygen atoms in total. The highest BCUT2D eigenvalue weighted by Gasteiger charge is 2.31. The van der Waals surface area contributed by atoms with Crippen LogP contribution in [-0.2, 0) is 11.0 Å². The lowest BCUT2D eigenvalue weighted by Crippen LogP contribution is -2.54. The summed E-state index contributed by atoms with van der Waals surface area (Å²) in [5, 5.41) is 5.47. The number of carbonyl (C=O) groups excluding carboxylic acids is 2. The zero-order valence-corrected chi connectivity index (χ0v) is 23.1. The number of alkyl halides is 3. The van der Waals surface area contributed by atoms with Crippen molar-refractivity contribution < 1.29 is 22.8 Å². The van der Waals surface area contributed by atoms with Crippen LogP contribution in [0.2, 0.25) is 5.02 Å². The van der Waals surface area contributed by atoms with Gasteiger partial charge in [0.25, 0.3) is 5.91 Å². The molecule has 0 saturated carbocycles. The summed E-state index contributed by atoms with van der Waals surface area (Å²) in [5.41, 5.74) is 0.773. The van der Waals surface area contributed by atoms with E-state index in [1.165, 1.54) is 12.1 Å². The maximum atomic E-state index is 13.0. The number of piperazine rings is 2. The number of carbonyl (C=O) groups is 2. The molecule has 2 aromatic carbocycles. The lowest BCUT2D eigenvalue weighted by atomic mass is 10.2. The number of rotatable bonds is 6. The van der Waals surface area contributed by atoms with Crippen LogP contribution < -0.4 is 10.2 Å². The van der Waals surface area contributed by atoms with E-state index in [4.69, 9.17) is 11.6 Å². The zero-order chi connectivity index (χ0) is 28.3. The van der Waals surface area contributed by atoms with Crippen molar-refractivity contribution in [2.24, 2.45) is 0 Å². The summed E-state index contributed by atoms with van der Waals surface area (Å²) in [6.07, 6.45) is -4.44. The number of aromatic nitrogens is 1. The number of nitrogens with one attached hydrogen (secondary N) is 1. The molecule has 0 radical (unpaired) electrons.